The summed E-state index contributed by atoms with van der Waals surface area (Å²) in [6.07, 6.45) is 1.82. The third-order valence-corrected chi connectivity index (χ3v) is 5.35. The first-order valence-electron chi connectivity index (χ1n) is 9.16. The first-order chi connectivity index (χ1) is 14.5. The Morgan fingerprint density at radius 3 is 2.30 bits per heavy atom. The lowest BCUT2D eigenvalue weighted by molar-refractivity contribution is -0.120. The quantitative estimate of drug-likeness (QED) is 0.309. The maximum atomic E-state index is 12.1. The van der Waals surface area contributed by atoms with Crippen LogP contribution in [-0.2, 0) is 17.8 Å². The zero-order chi connectivity index (χ0) is 21.3. The van der Waals surface area contributed by atoms with Crippen molar-refractivity contribution in [3.05, 3.63) is 92.4 Å². The molecule has 3 aromatic carbocycles. The number of benzene rings is 3. The Morgan fingerprint density at radius 2 is 1.67 bits per heavy atom. The molecule has 7 heteroatoms. The molecule has 3 rings (SSSR count). The molecular formula is C23H20Br2N2O3. The lowest BCUT2D eigenvalue weighted by atomic mass is 10.1. The van der Waals surface area contributed by atoms with Gasteiger partial charge in [0.25, 0.3) is 0 Å². The number of methoxy groups -OCH3 is 1. The molecule has 0 fully saturated rings. The van der Waals surface area contributed by atoms with Gasteiger partial charge in [0.05, 0.1) is 28.7 Å². The Morgan fingerprint density at radius 1 is 1.00 bits per heavy atom. The van der Waals surface area contributed by atoms with Gasteiger partial charge in [-0.15, -0.1) is 0 Å². The van der Waals surface area contributed by atoms with Crippen molar-refractivity contribution in [1.82, 2.24) is 5.43 Å². The largest absolute Gasteiger partial charge is 0.497 e. The number of halogens is 2. The molecule has 0 saturated heterocycles. The zero-order valence-corrected chi connectivity index (χ0v) is 19.4. The topological polar surface area (TPSA) is 59.9 Å². The van der Waals surface area contributed by atoms with E-state index in [0.29, 0.717) is 12.4 Å². The van der Waals surface area contributed by atoms with E-state index in [1.807, 2.05) is 66.7 Å². The molecule has 5 nitrogen and oxygen atoms in total. The van der Waals surface area contributed by atoms with Crippen molar-refractivity contribution in [3.8, 4) is 11.5 Å². The standard InChI is InChI=1S/C23H20Br2N2O3/c1-29-19-9-7-16(8-10-19)13-22(28)27-26-14-18-11-20(24)23(21(25)12-18)30-15-17-5-3-2-4-6-17/h2-12,14H,13,15H2,1H3,(H,27,28)/b26-14-. The second-order valence-corrected chi connectivity index (χ2v) is 8.11. The van der Waals surface area contributed by atoms with E-state index in [-0.39, 0.29) is 12.3 Å². The van der Waals surface area contributed by atoms with E-state index in [9.17, 15) is 4.79 Å². The lowest BCUT2D eigenvalue weighted by Crippen LogP contribution is -2.19. The predicted octanol–water partition coefficient (Wildman–Crippen LogP) is 5.49. The Hall–Kier alpha value is -2.64. The second-order valence-electron chi connectivity index (χ2n) is 6.41. The molecule has 0 aliphatic rings. The molecule has 0 heterocycles. The van der Waals surface area contributed by atoms with Gasteiger partial charge in [-0.25, -0.2) is 5.43 Å². The van der Waals surface area contributed by atoms with Crippen LogP contribution in [0.25, 0.3) is 0 Å². The maximum Gasteiger partial charge on any atom is 0.244 e. The number of carbonyl (C=O) groups is 1. The summed E-state index contributed by atoms with van der Waals surface area (Å²) in [6.45, 7) is 0.465. The molecule has 0 unspecified atom stereocenters. The van der Waals surface area contributed by atoms with Crippen LogP contribution >= 0.6 is 31.9 Å². The van der Waals surface area contributed by atoms with Crippen molar-refractivity contribution in [1.29, 1.82) is 0 Å². The van der Waals surface area contributed by atoms with E-state index in [1.54, 1.807) is 13.3 Å². The fourth-order valence-electron chi connectivity index (χ4n) is 2.67. The van der Waals surface area contributed by atoms with Crippen LogP contribution in [0.3, 0.4) is 0 Å². The third kappa shape index (κ3) is 6.43. The first kappa shape index (κ1) is 22.1. The van der Waals surface area contributed by atoms with Crippen LogP contribution in [0.5, 0.6) is 11.5 Å². The van der Waals surface area contributed by atoms with Gasteiger partial charge >= 0.3 is 0 Å². The van der Waals surface area contributed by atoms with Crippen molar-refractivity contribution in [2.45, 2.75) is 13.0 Å². The molecule has 154 valence electrons. The van der Waals surface area contributed by atoms with Crippen molar-refractivity contribution in [2.75, 3.05) is 7.11 Å². The SMILES string of the molecule is COc1ccc(CC(=O)N/N=C\c2cc(Br)c(OCc3ccccc3)c(Br)c2)cc1. The van der Waals surface area contributed by atoms with E-state index in [2.05, 4.69) is 42.4 Å². The average molecular weight is 532 g/mol. The average Bonchev–Trinajstić information content (AvgIpc) is 2.74. The normalized spacial score (nSPS) is 10.8. The van der Waals surface area contributed by atoms with Gasteiger partial charge in [0.15, 0.2) is 0 Å². The van der Waals surface area contributed by atoms with Gasteiger partial charge < -0.3 is 9.47 Å². The van der Waals surface area contributed by atoms with E-state index >= 15 is 0 Å². The maximum absolute atomic E-state index is 12.1. The van der Waals surface area contributed by atoms with Crippen LogP contribution in [0, 0.1) is 0 Å². The summed E-state index contributed by atoms with van der Waals surface area (Å²) in [5, 5.41) is 4.05. The number of ether oxygens (including phenoxy) is 2. The number of hydrogen-bond donors (Lipinski definition) is 1. The molecule has 1 N–H and O–H groups in total. The second kappa shape index (κ2) is 10.9. The van der Waals surface area contributed by atoms with E-state index in [4.69, 9.17) is 9.47 Å². The van der Waals surface area contributed by atoms with Gasteiger partial charge in [-0.3, -0.25) is 4.79 Å². The monoisotopic (exact) mass is 530 g/mol. The molecule has 0 bridgehead atoms. The van der Waals surface area contributed by atoms with Crippen molar-refractivity contribution < 1.29 is 14.3 Å². The minimum absolute atomic E-state index is 0.197. The predicted molar refractivity (Wildman–Crippen MR) is 125 cm³/mol. The lowest BCUT2D eigenvalue weighted by Gasteiger charge is -2.11. The smallest absolute Gasteiger partial charge is 0.244 e. The number of hydrazone groups is 1. The molecule has 0 radical (unpaired) electrons. The summed E-state index contributed by atoms with van der Waals surface area (Å²) in [4.78, 5) is 12.1. The van der Waals surface area contributed by atoms with Gasteiger partial charge in [0, 0.05) is 0 Å². The minimum atomic E-state index is -0.197. The molecule has 30 heavy (non-hydrogen) atoms. The van der Waals surface area contributed by atoms with E-state index < -0.39 is 0 Å². The number of amides is 1. The van der Waals surface area contributed by atoms with Crippen molar-refractivity contribution >= 4 is 44.0 Å². The molecule has 0 atom stereocenters. The summed E-state index contributed by atoms with van der Waals surface area (Å²) in [5.41, 5.74) is 5.32. The molecule has 0 saturated carbocycles. The summed E-state index contributed by atoms with van der Waals surface area (Å²) in [5.74, 6) is 1.27. The van der Waals surface area contributed by atoms with Gasteiger partial charge in [-0.1, -0.05) is 42.5 Å². The summed E-state index contributed by atoms with van der Waals surface area (Å²) >= 11 is 7.07. The highest BCUT2D eigenvalue weighted by Gasteiger charge is 2.09. The highest BCUT2D eigenvalue weighted by Crippen LogP contribution is 2.35. The van der Waals surface area contributed by atoms with Crippen molar-refractivity contribution in [2.24, 2.45) is 5.10 Å². The Labute approximate surface area is 192 Å². The van der Waals surface area contributed by atoms with Gasteiger partial charge in [0.2, 0.25) is 5.91 Å². The van der Waals surface area contributed by atoms with Crippen LogP contribution < -0.4 is 14.9 Å². The highest BCUT2D eigenvalue weighted by atomic mass is 79.9. The minimum Gasteiger partial charge on any atom is -0.497 e. The molecule has 3 aromatic rings. The van der Waals surface area contributed by atoms with E-state index in [1.165, 1.54) is 0 Å². The Bertz CT molecular complexity index is 999. The summed E-state index contributed by atoms with van der Waals surface area (Å²) in [7, 11) is 1.61. The van der Waals surface area contributed by atoms with Crippen molar-refractivity contribution in [3.63, 3.8) is 0 Å². The number of hydrogen-bond acceptors (Lipinski definition) is 4. The van der Waals surface area contributed by atoms with E-state index in [0.717, 1.165) is 31.4 Å². The first-order valence-corrected chi connectivity index (χ1v) is 10.7. The summed E-state index contributed by atoms with van der Waals surface area (Å²) in [6, 6.07) is 21.1. The summed E-state index contributed by atoms with van der Waals surface area (Å²) < 4.78 is 12.6. The van der Waals surface area contributed by atoms with Crippen LogP contribution in [0.15, 0.2) is 80.8 Å². The molecule has 0 aromatic heterocycles. The highest BCUT2D eigenvalue weighted by molar-refractivity contribution is 9.11. The number of carbonyl (C=O) groups excluding carboxylic acids is 1. The number of rotatable bonds is 8. The zero-order valence-electron chi connectivity index (χ0n) is 16.3. The van der Waals surface area contributed by atoms with Crippen LogP contribution in [0.1, 0.15) is 16.7 Å². The van der Waals surface area contributed by atoms with Crippen LogP contribution in [0.4, 0.5) is 0 Å². The molecule has 1 amide bonds. The molecular weight excluding hydrogens is 512 g/mol. The fourth-order valence-corrected chi connectivity index (χ4v) is 4.12. The Kier molecular flexibility index (Phi) is 8.04. The van der Waals surface area contributed by atoms with Crippen LogP contribution in [0.2, 0.25) is 0 Å². The van der Waals surface area contributed by atoms with Gasteiger partial charge in [-0.2, -0.15) is 5.10 Å². The molecule has 0 spiro atoms. The number of nitrogens with zero attached hydrogens (tertiary/aromatic N) is 1. The third-order valence-electron chi connectivity index (χ3n) is 4.17. The number of nitrogens with one attached hydrogen (secondary N) is 1. The molecule has 0 aliphatic carbocycles. The van der Waals surface area contributed by atoms with Gasteiger partial charge in [0.1, 0.15) is 18.1 Å². The fraction of sp³-hybridized carbons (Fsp3) is 0.130. The van der Waals surface area contributed by atoms with Crippen LogP contribution in [-0.4, -0.2) is 19.2 Å². The van der Waals surface area contributed by atoms with Gasteiger partial charge in [-0.05, 0) is 72.8 Å². The Balaban J connectivity index is 1.56. The molecule has 0 aliphatic heterocycles.